The Balaban J connectivity index is 1.61. The predicted molar refractivity (Wildman–Crippen MR) is 138 cm³/mol. The van der Waals surface area contributed by atoms with Crippen LogP contribution in [0.5, 0.6) is 17.2 Å². The van der Waals surface area contributed by atoms with E-state index in [1.165, 1.54) is 25.3 Å². The second-order valence-electron chi connectivity index (χ2n) is 7.83. The number of anilines is 1. The molecule has 0 unspecified atom stereocenters. The van der Waals surface area contributed by atoms with Gasteiger partial charge in [0.1, 0.15) is 23.7 Å². The van der Waals surface area contributed by atoms with Crippen LogP contribution in [0.3, 0.4) is 0 Å². The molecule has 0 radical (unpaired) electrons. The van der Waals surface area contributed by atoms with Gasteiger partial charge in [0.2, 0.25) is 0 Å². The molecule has 3 aromatic carbocycles. The number of barbiturate groups is 1. The average molecular weight is 569 g/mol. The number of nitrogens with zero attached hydrogens (tertiary/aromatic N) is 1. The first kappa shape index (κ1) is 25.9. The number of rotatable bonds is 8. The molecule has 0 atom stereocenters. The fourth-order valence-corrected chi connectivity index (χ4v) is 4.19. The Morgan fingerprint density at radius 3 is 2.35 bits per heavy atom. The number of hydrogen-bond donors (Lipinski definition) is 1. The molecule has 1 aliphatic heterocycles. The number of ether oxygens (including phenoxy) is 3. The highest BCUT2D eigenvalue weighted by Gasteiger charge is 2.37. The Morgan fingerprint density at radius 1 is 1.00 bits per heavy atom. The van der Waals surface area contributed by atoms with Gasteiger partial charge in [-0.2, -0.15) is 0 Å². The minimum atomic E-state index is -0.848. The fourth-order valence-electron chi connectivity index (χ4n) is 3.62. The number of urea groups is 1. The third-order valence-electron chi connectivity index (χ3n) is 5.37. The van der Waals surface area contributed by atoms with Crippen LogP contribution in [0, 0.1) is 5.82 Å². The number of carbonyl (C=O) groups is 3. The topological polar surface area (TPSA) is 94.2 Å². The molecule has 8 nitrogen and oxygen atoms in total. The van der Waals surface area contributed by atoms with Gasteiger partial charge in [0, 0.05) is 0 Å². The first-order valence-electron chi connectivity index (χ1n) is 11.2. The smallest absolute Gasteiger partial charge is 0.335 e. The highest BCUT2D eigenvalue weighted by atomic mass is 79.9. The molecule has 4 amide bonds. The molecule has 1 aliphatic rings. The summed E-state index contributed by atoms with van der Waals surface area (Å²) in [6.07, 6.45) is 1.36. The molecule has 1 N–H and O–H groups in total. The van der Waals surface area contributed by atoms with Gasteiger partial charge in [0.15, 0.2) is 11.5 Å². The average Bonchev–Trinajstić information content (AvgIpc) is 2.87. The van der Waals surface area contributed by atoms with Crippen molar-refractivity contribution in [1.82, 2.24) is 5.32 Å². The van der Waals surface area contributed by atoms with Crippen molar-refractivity contribution in [1.29, 1.82) is 0 Å². The third kappa shape index (κ3) is 5.80. The zero-order valence-electron chi connectivity index (χ0n) is 19.9. The molecular formula is C27H22BrFN2O6. The number of halogens is 2. The number of benzene rings is 3. The molecule has 0 aromatic heterocycles. The molecule has 37 heavy (non-hydrogen) atoms. The summed E-state index contributed by atoms with van der Waals surface area (Å²) in [6, 6.07) is 14.7. The van der Waals surface area contributed by atoms with Crippen LogP contribution < -0.4 is 24.4 Å². The van der Waals surface area contributed by atoms with Gasteiger partial charge in [-0.05, 0) is 88.6 Å². The predicted octanol–water partition coefficient (Wildman–Crippen LogP) is 5.24. The second kappa shape index (κ2) is 11.3. The molecule has 1 fully saturated rings. The van der Waals surface area contributed by atoms with Crippen molar-refractivity contribution in [3.05, 3.63) is 87.7 Å². The minimum absolute atomic E-state index is 0.162. The quantitative estimate of drug-likeness (QED) is 0.295. The number of methoxy groups -OCH3 is 1. The standard InChI is InChI=1S/C27H22BrFN2O6/c1-3-36-20-10-8-19(9-11-20)31-26(33)21(25(32)30-27(31)34)12-17-13-22(28)24(23(14-17)35-2)37-15-16-4-6-18(29)7-5-16/h4-14H,3,15H2,1-2H3,(H,30,32,34)/b21-12+. The lowest BCUT2D eigenvalue weighted by molar-refractivity contribution is -0.122. The maximum atomic E-state index is 13.2. The lowest BCUT2D eigenvalue weighted by Gasteiger charge is -2.26. The van der Waals surface area contributed by atoms with Crippen molar-refractivity contribution in [2.75, 3.05) is 18.6 Å². The van der Waals surface area contributed by atoms with Crippen LogP contribution in [0.25, 0.3) is 6.08 Å². The Morgan fingerprint density at radius 2 is 1.70 bits per heavy atom. The van der Waals surface area contributed by atoms with Crippen molar-refractivity contribution in [2.24, 2.45) is 0 Å². The van der Waals surface area contributed by atoms with E-state index < -0.39 is 17.8 Å². The van der Waals surface area contributed by atoms with Gasteiger partial charge in [-0.1, -0.05) is 12.1 Å². The van der Waals surface area contributed by atoms with Crippen molar-refractivity contribution >= 4 is 45.5 Å². The van der Waals surface area contributed by atoms with Crippen LogP contribution >= 0.6 is 15.9 Å². The van der Waals surface area contributed by atoms with Crippen LogP contribution in [0.15, 0.2) is 70.7 Å². The minimum Gasteiger partial charge on any atom is -0.494 e. The van der Waals surface area contributed by atoms with Gasteiger partial charge < -0.3 is 14.2 Å². The Kier molecular flexibility index (Phi) is 7.88. The zero-order chi connectivity index (χ0) is 26.5. The number of nitrogens with one attached hydrogen (secondary N) is 1. The van der Waals surface area contributed by atoms with Crippen LogP contribution in [-0.2, 0) is 16.2 Å². The Hall–Kier alpha value is -4.18. The van der Waals surface area contributed by atoms with Crippen LogP contribution in [0.4, 0.5) is 14.9 Å². The molecule has 10 heteroatoms. The Bertz CT molecular complexity index is 1370. The van der Waals surface area contributed by atoms with Crippen molar-refractivity contribution < 1.29 is 33.0 Å². The van der Waals surface area contributed by atoms with E-state index >= 15 is 0 Å². The van der Waals surface area contributed by atoms with Crippen molar-refractivity contribution in [3.63, 3.8) is 0 Å². The largest absolute Gasteiger partial charge is 0.494 e. The number of amides is 4. The SMILES string of the molecule is CCOc1ccc(N2C(=O)NC(=O)/C(=C\c3cc(Br)c(OCc4ccc(F)cc4)c(OC)c3)C2=O)cc1. The summed E-state index contributed by atoms with van der Waals surface area (Å²) in [5.74, 6) is -0.620. The van der Waals surface area contributed by atoms with Gasteiger partial charge >= 0.3 is 6.03 Å². The van der Waals surface area contributed by atoms with E-state index in [1.807, 2.05) is 6.92 Å². The normalized spacial score (nSPS) is 14.5. The maximum absolute atomic E-state index is 13.2. The monoisotopic (exact) mass is 568 g/mol. The molecule has 1 saturated heterocycles. The molecule has 4 rings (SSSR count). The summed E-state index contributed by atoms with van der Waals surface area (Å²) in [6.45, 7) is 2.48. The van der Waals surface area contributed by atoms with Crippen LogP contribution in [0.2, 0.25) is 0 Å². The Labute approximate surface area is 220 Å². The summed E-state index contributed by atoms with van der Waals surface area (Å²) >= 11 is 3.44. The van der Waals surface area contributed by atoms with E-state index in [-0.39, 0.29) is 23.7 Å². The van der Waals surface area contributed by atoms with Crippen molar-refractivity contribution in [2.45, 2.75) is 13.5 Å². The molecule has 0 saturated carbocycles. The summed E-state index contributed by atoms with van der Waals surface area (Å²) in [5, 5.41) is 2.20. The molecule has 1 heterocycles. The van der Waals surface area contributed by atoms with E-state index in [4.69, 9.17) is 14.2 Å². The molecule has 190 valence electrons. The maximum Gasteiger partial charge on any atom is 0.335 e. The first-order chi connectivity index (χ1) is 17.8. The molecule has 0 bridgehead atoms. The lowest BCUT2D eigenvalue weighted by Crippen LogP contribution is -2.54. The van der Waals surface area contributed by atoms with E-state index in [9.17, 15) is 18.8 Å². The van der Waals surface area contributed by atoms with Gasteiger partial charge in [-0.15, -0.1) is 0 Å². The molecule has 0 aliphatic carbocycles. The molecule has 0 spiro atoms. The van der Waals surface area contributed by atoms with E-state index in [0.717, 1.165) is 10.5 Å². The second-order valence-corrected chi connectivity index (χ2v) is 8.69. The molecular weight excluding hydrogens is 547 g/mol. The lowest BCUT2D eigenvalue weighted by atomic mass is 10.1. The van der Waals surface area contributed by atoms with Gasteiger partial charge in [0.25, 0.3) is 11.8 Å². The summed E-state index contributed by atoms with van der Waals surface area (Å²) in [5.41, 5.74) is 1.26. The molecule has 3 aromatic rings. The van der Waals surface area contributed by atoms with Gasteiger partial charge in [0.05, 0.1) is 23.9 Å². The van der Waals surface area contributed by atoms with Crippen molar-refractivity contribution in [3.8, 4) is 17.2 Å². The van der Waals surface area contributed by atoms with Gasteiger partial charge in [-0.3, -0.25) is 14.9 Å². The summed E-state index contributed by atoms with van der Waals surface area (Å²) in [7, 11) is 1.45. The van der Waals surface area contributed by atoms with E-state index in [1.54, 1.807) is 48.5 Å². The first-order valence-corrected chi connectivity index (χ1v) is 12.0. The van der Waals surface area contributed by atoms with Crippen LogP contribution in [0.1, 0.15) is 18.1 Å². The van der Waals surface area contributed by atoms with E-state index in [2.05, 4.69) is 21.2 Å². The van der Waals surface area contributed by atoms with Gasteiger partial charge in [-0.25, -0.2) is 14.1 Å². The third-order valence-corrected chi connectivity index (χ3v) is 5.96. The summed E-state index contributed by atoms with van der Waals surface area (Å²) in [4.78, 5) is 39.1. The zero-order valence-corrected chi connectivity index (χ0v) is 21.5. The van der Waals surface area contributed by atoms with E-state index in [0.29, 0.717) is 33.9 Å². The number of imide groups is 2. The summed E-state index contributed by atoms with van der Waals surface area (Å²) < 4.78 is 30.4. The number of hydrogen-bond acceptors (Lipinski definition) is 6. The highest BCUT2D eigenvalue weighted by molar-refractivity contribution is 9.10. The van der Waals surface area contributed by atoms with Crippen LogP contribution in [-0.4, -0.2) is 31.6 Å². The fraction of sp³-hybridized carbons (Fsp3) is 0.148. The number of carbonyl (C=O) groups excluding carboxylic acids is 3. The highest BCUT2D eigenvalue weighted by Crippen LogP contribution is 2.38.